The third kappa shape index (κ3) is 2.03. The molecule has 82 valence electrons. The standard InChI is InChI=1S/C10H15N3OS/c1-7-12-9(6-15-7)10(14)13-4-2-3-8(13)5-11/h6,8H,2-5,11H2,1H3. The van der Waals surface area contributed by atoms with E-state index in [9.17, 15) is 4.79 Å². The summed E-state index contributed by atoms with van der Waals surface area (Å²) >= 11 is 1.51. The summed E-state index contributed by atoms with van der Waals surface area (Å²) in [5.41, 5.74) is 6.20. The Morgan fingerprint density at radius 2 is 2.60 bits per heavy atom. The van der Waals surface area contributed by atoms with Gasteiger partial charge in [0, 0.05) is 24.5 Å². The van der Waals surface area contributed by atoms with Gasteiger partial charge in [-0.1, -0.05) is 0 Å². The molecule has 0 saturated carbocycles. The number of amides is 1. The van der Waals surface area contributed by atoms with E-state index >= 15 is 0 Å². The fourth-order valence-corrected chi connectivity index (χ4v) is 2.54. The maximum atomic E-state index is 12.0. The van der Waals surface area contributed by atoms with Crippen LogP contribution in [0, 0.1) is 6.92 Å². The average molecular weight is 225 g/mol. The molecule has 1 fully saturated rings. The molecule has 1 unspecified atom stereocenters. The van der Waals surface area contributed by atoms with Crippen molar-refractivity contribution in [3.05, 3.63) is 16.1 Å². The molecule has 1 aliphatic rings. The molecule has 1 aromatic heterocycles. The number of carbonyl (C=O) groups excluding carboxylic acids is 1. The average Bonchev–Trinajstić information content (AvgIpc) is 2.84. The number of thiazole rings is 1. The molecule has 2 rings (SSSR count). The largest absolute Gasteiger partial charge is 0.333 e. The van der Waals surface area contributed by atoms with E-state index in [0.29, 0.717) is 12.2 Å². The molecule has 0 spiro atoms. The summed E-state index contributed by atoms with van der Waals surface area (Å²) in [6.45, 7) is 3.28. The lowest BCUT2D eigenvalue weighted by atomic mass is 10.2. The molecule has 0 radical (unpaired) electrons. The zero-order chi connectivity index (χ0) is 10.8. The van der Waals surface area contributed by atoms with Gasteiger partial charge in [0.15, 0.2) is 0 Å². The van der Waals surface area contributed by atoms with Gasteiger partial charge < -0.3 is 10.6 Å². The first kappa shape index (κ1) is 10.6. The maximum absolute atomic E-state index is 12.0. The van der Waals surface area contributed by atoms with E-state index in [2.05, 4.69) is 4.98 Å². The van der Waals surface area contributed by atoms with Gasteiger partial charge in [0.25, 0.3) is 5.91 Å². The molecule has 2 N–H and O–H groups in total. The van der Waals surface area contributed by atoms with Crippen molar-refractivity contribution in [2.45, 2.75) is 25.8 Å². The Kier molecular flexibility index (Phi) is 3.02. The molecular formula is C10H15N3OS. The third-order valence-corrected chi connectivity index (χ3v) is 3.52. The molecule has 15 heavy (non-hydrogen) atoms. The van der Waals surface area contributed by atoms with E-state index in [1.807, 2.05) is 17.2 Å². The highest BCUT2D eigenvalue weighted by Crippen LogP contribution is 2.20. The Bertz CT molecular complexity index is 363. The van der Waals surface area contributed by atoms with Crippen LogP contribution in [0.1, 0.15) is 28.3 Å². The van der Waals surface area contributed by atoms with E-state index in [1.165, 1.54) is 11.3 Å². The van der Waals surface area contributed by atoms with Gasteiger partial charge in [0.05, 0.1) is 5.01 Å². The van der Waals surface area contributed by atoms with Gasteiger partial charge in [0.1, 0.15) is 5.69 Å². The second kappa shape index (κ2) is 4.28. The van der Waals surface area contributed by atoms with Crippen molar-refractivity contribution in [2.24, 2.45) is 5.73 Å². The van der Waals surface area contributed by atoms with Gasteiger partial charge in [-0.2, -0.15) is 0 Å². The quantitative estimate of drug-likeness (QED) is 0.817. The highest BCUT2D eigenvalue weighted by molar-refractivity contribution is 7.09. The van der Waals surface area contributed by atoms with Gasteiger partial charge in [-0.15, -0.1) is 11.3 Å². The predicted octanol–water partition coefficient (Wildman–Crippen LogP) is 1.01. The molecule has 1 aliphatic heterocycles. The van der Waals surface area contributed by atoms with Crippen LogP contribution >= 0.6 is 11.3 Å². The lowest BCUT2D eigenvalue weighted by Gasteiger charge is -2.22. The van der Waals surface area contributed by atoms with Gasteiger partial charge in [0.2, 0.25) is 0 Å². The monoisotopic (exact) mass is 225 g/mol. The summed E-state index contributed by atoms with van der Waals surface area (Å²) in [4.78, 5) is 18.1. The van der Waals surface area contributed by atoms with Crippen LogP contribution in [0.5, 0.6) is 0 Å². The molecule has 1 aromatic rings. The molecule has 0 aliphatic carbocycles. The fourth-order valence-electron chi connectivity index (χ4n) is 1.96. The van der Waals surface area contributed by atoms with E-state index in [4.69, 9.17) is 5.73 Å². The molecule has 1 saturated heterocycles. The van der Waals surface area contributed by atoms with Crippen LogP contribution in [-0.4, -0.2) is 34.9 Å². The second-order valence-electron chi connectivity index (χ2n) is 3.78. The Hall–Kier alpha value is -0.940. The molecular weight excluding hydrogens is 210 g/mol. The lowest BCUT2D eigenvalue weighted by Crippen LogP contribution is -2.40. The molecule has 1 amide bonds. The van der Waals surface area contributed by atoms with Gasteiger partial charge >= 0.3 is 0 Å². The number of likely N-dealkylation sites (tertiary alicyclic amines) is 1. The molecule has 5 heteroatoms. The predicted molar refractivity (Wildman–Crippen MR) is 60.0 cm³/mol. The van der Waals surface area contributed by atoms with Crippen LogP contribution in [0.3, 0.4) is 0 Å². The number of carbonyl (C=O) groups is 1. The fraction of sp³-hybridized carbons (Fsp3) is 0.600. The molecule has 0 aromatic carbocycles. The van der Waals surface area contributed by atoms with Crippen molar-refractivity contribution in [3.63, 3.8) is 0 Å². The molecule has 4 nitrogen and oxygen atoms in total. The first-order chi connectivity index (χ1) is 7.22. The smallest absolute Gasteiger partial charge is 0.273 e. The van der Waals surface area contributed by atoms with Crippen molar-refractivity contribution < 1.29 is 4.79 Å². The molecule has 1 atom stereocenters. The number of aryl methyl sites for hydroxylation is 1. The van der Waals surface area contributed by atoms with Gasteiger partial charge in [-0.05, 0) is 19.8 Å². The summed E-state index contributed by atoms with van der Waals surface area (Å²) in [7, 11) is 0. The third-order valence-electron chi connectivity index (χ3n) is 2.75. The number of rotatable bonds is 2. The van der Waals surface area contributed by atoms with Crippen molar-refractivity contribution in [1.82, 2.24) is 9.88 Å². The van der Waals surface area contributed by atoms with E-state index in [0.717, 1.165) is 24.4 Å². The minimum absolute atomic E-state index is 0.0345. The second-order valence-corrected chi connectivity index (χ2v) is 4.84. The topological polar surface area (TPSA) is 59.2 Å². The van der Waals surface area contributed by atoms with Crippen LogP contribution < -0.4 is 5.73 Å². The molecule has 2 heterocycles. The number of hydrogen-bond acceptors (Lipinski definition) is 4. The van der Waals surface area contributed by atoms with E-state index in [-0.39, 0.29) is 11.9 Å². The summed E-state index contributed by atoms with van der Waals surface area (Å²) < 4.78 is 0. The van der Waals surface area contributed by atoms with Crippen LogP contribution in [0.4, 0.5) is 0 Å². The lowest BCUT2D eigenvalue weighted by molar-refractivity contribution is 0.0736. The Balaban J connectivity index is 2.13. The summed E-state index contributed by atoms with van der Waals surface area (Å²) in [5, 5.41) is 2.76. The normalized spacial score (nSPS) is 20.9. The highest BCUT2D eigenvalue weighted by Gasteiger charge is 2.29. The van der Waals surface area contributed by atoms with E-state index < -0.39 is 0 Å². The Morgan fingerprint density at radius 3 is 3.20 bits per heavy atom. The van der Waals surface area contributed by atoms with Crippen molar-refractivity contribution >= 4 is 17.2 Å². The van der Waals surface area contributed by atoms with Gasteiger partial charge in [-0.3, -0.25) is 4.79 Å². The maximum Gasteiger partial charge on any atom is 0.273 e. The van der Waals surface area contributed by atoms with E-state index in [1.54, 1.807) is 0 Å². The Morgan fingerprint density at radius 1 is 1.80 bits per heavy atom. The van der Waals surface area contributed by atoms with Crippen LogP contribution in [-0.2, 0) is 0 Å². The van der Waals surface area contributed by atoms with Gasteiger partial charge in [-0.25, -0.2) is 4.98 Å². The number of aromatic nitrogens is 1. The number of hydrogen-bond donors (Lipinski definition) is 1. The first-order valence-electron chi connectivity index (χ1n) is 5.15. The molecule has 0 bridgehead atoms. The zero-order valence-electron chi connectivity index (χ0n) is 8.77. The first-order valence-corrected chi connectivity index (χ1v) is 6.03. The van der Waals surface area contributed by atoms with Crippen LogP contribution in [0.2, 0.25) is 0 Å². The number of nitrogens with two attached hydrogens (primary N) is 1. The minimum Gasteiger partial charge on any atom is -0.333 e. The number of nitrogens with zero attached hydrogens (tertiary/aromatic N) is 2. The zero-order valence-corrected chi connectivity index (χ0v) is 9.59. The van der Waals surface area contributed by atoms with Crippen LogP contribution in [0.15, 0.2) is 5.38 Å². The van der Waals surface area contributed by atoms with Crippen molar-refractivity contribution in [1.29, 1.82) is 0 Å². The summed E-state index contributed by atoms with van der Waals surface area (Å²) in [6, 6.07) is 0.208. The van der Waals surface area contributed by atoms with Crippen LogP contribution in [0.25, 0.3) is 0 Å². The highest BCUT2D eigenvalue weighted by atomic mass is 32.1. The SMILES string of the molecule is Cc1nc(C(=O)N2CCCC2CN)cs1. The Labute approximate surface area is 93.1 Å². The summed E-state index contributed by atoms with van der Waals surface area (Å²) in [5.74, 6) is 0.0345. The van der Waals surface area contributed by atoms with Crippen molar-refractivity contribution in [2.75, 3.05) is 13.1 Å². The minimum atomic E-state index is 0.0345. The van der Waals surface area contributed by atoms with Crippen molar-refractivity contribution in [3.8, 4) is 0 Å². The summed E-state index contributed by atoms with van der Waals surface area (Å²) in [6.07, 6.45) is 2.07.